The fourth-order valence-corrected chi connectivity index (χ4v) is 4.68. The van der Waals surface area contributed by atoms with Crippen LogP contribution in [0.25, 0.3) is 27.7 Å². The maximum atomic E-state index is 12.9. The molecule has 0 bridgehead atoms. The van der Waals surface area contributed by atoms with Gasteiger partial charge >= 0.3 is 0 Å². The van der Waals surface area contributed by atoms with Crippen molar-refractivity contribution >= 4 is 28.4 Å². The number of aromatic nitrogens is 6. The van der Waals surface area contributed by atoms with Crippen LogP contribution in [0.1, 0.15) is 32.6 Å². The molecule has 0 radical (unpaired) electrons. The van der Waals surface area contributed by atoms with Gasteiger partial charge in [-0.2, -0.15) is 4.98 Å². The Morgan fingerprint density at radius 3 is 2.69 bits per heavy atom. The summed E-state index contributed by atoms with van der Waals surface area (Å²) in [5, 5.41) is 18.8. The zero-order chi connectivity index (χ0) is 24.5. The van der Waals surface area contributed by atoms with Gasteiger partial charge in [0.05, 0.1) is 12.6 Å². The molecule has 4 aromatic rings. The lowest BCUT2D eigenvalue weighted by atomic mass is 9.91. The molecule has 35 heavy (non-hydrogen) atoms. The summed E-state index contributed by atoms with van der Waals surface area (Å²) < 4.78 is 34.4. The highest BCUT2D eigenvalue weighted by atomic mass is 19.3. The van der Waals surface area contributed by atoms with E-state index in [9.17, 15) is 13.6 Å². The summed E-state index contributed by atoms with van der Waals surface area (Å²) in [6.07, 6.45) is 2.86. The Labute approximate surface area is 199 Å². The van der Waals surface area contributed by atoms with Gasteiger partial charge in [0, 0.05) is 30.8 Å². The summed E-state index contributed by atoms with van der Waals surface area (Å²) in [5.74, 6) is 0.847. The predicted molar refractivity (Wildman–Crippen MR) is 126 cm³/mol. The van der Waals surface area contributed by atoms with Crippen LogP contribution >= 0.6 is 0 Å². The van der Waals surface area contributed by atoms with Gasteiger partial charge in [0.15, 0.2) is 0 Å². The summed E-state index contributed by atoms with van der Waals surface area (Å²) >= 11 is 0. The first kappa shape index (κ1) is 22.9. The molecule has 1 saturated carbocycles. The van der Waals surface area contributed by atoms with Gasteiger partial charge in [0.2, 0.25) is 17.7 Å². The molecule has 0 unspecified atom stereocenters. The van der Waals surface area contributed by atoms with Crippen molar-refractivity contribution in [1.29, 1.82) is 0 Å². The quantitative estimate of drug-likeness (QED) is 0.414. The molecule has 12 heteroatoms. The number of anilines is 1. The second-order valence-electron chi connectivity index (χ2n) is 8.73. The number of hydrogen-bond acceptors (Lipinski definition) is 7. The summed E-state index contributed by atoms with van der Waals surface area (Å²) in [6.45, 7) is 1.02. The van der Waals surface area contributed by atoms with Crippen LogP contribution in [0, 0.1) is 0 Å². The van der Waals surface area contributed by atoms with Crippen molar-refractivity contribution in [3.05, 3.63) is 30.5 Å². The normalized spacial score (nSPS) is 18.3. The van der Waals surface area contributed by atoms with Crippen molar-refractivity contribution < 1.29 is 18.3 Å². The molecule has 1 aliphatic rings. The molecule has 3 aromatic heterocycles. The van der Waals surface area contributed by atoms with Crippen LogP contribution in [0.5, 0.6) is 5.88 Å². The van der Waals surface area contributed by atoms with E-state index in [0.717, 1.165) is 36.8 Å². The fourth-order valence-electron chi connectivity index (χ4n) is 4.68. The number of halogens is 2. The largest absolute Gasteiger partial charge is 0.479 e. The van der Waals surface area contributed by atoms with E-state index in [1.165, 1.54) is 11.6 Å². The average molecular weight is 485 g/mol. The fraction of sp³-hybridized carbons (Fsp3) is 0.435. The van der Waals surface area contributed by atoms with Crippen molar-refractivity contribution in [2.75, 3.05) is 12.4 Å². The van der Waals surface area contributed by atoms with E-state index in [1.807, 2.05) is 18.3 Å². The maximum absolute atomic E-state index is 12.9. The molecule has 0 spiro atoms. The first-order valence-electron chi connectivity index (χ1n) is 11.5. The lowest BCUT2D eigenvalue weighted by Crippen LogP contribution is -2.39. The topological polar surface area (TPSA) is 111 Å². The Morgan fingerprint density at radius 1 is 1.20 bits per heavy atom. The Morgan fingerprint density at radius 2 is 1.97 bits per heavy atom. The van der Waals surface area contributed by atoms with E-state index in [1.54, 1.807) is 23.8 Å². The van der Waals surface area contributed by atoms with Gasteiger partial charge in [-0.1, -0.05) is 11.3 Å². The van der Waals surface area contributed by atoms with Crippen LogP contribution in [0.4, 0.5) is 14.7 Å². The van der Waals surface area contributed by atoms with Crippen molar-refractivity contribution in [2.24, 2.45) is 0 Å². The zero-order valence-electron chi connectivity index (χ0n) is 19.4. The molecule has 0 atom stereocenters. The lowest BCUT2D eigenvalue weighted by Gasteiger charge is -2.29. The van der Waals surface area contributed by atoms with Crippen molar-refractivity contribution in [1.82, 2.24) is 34.9 Å². The zero-order valence-corrected chi connectivity index (χ0v) is 19.4. The van der Waals surface area contributed by atoms with Gasteiger partial charge in [-0.25, -0.2) is 18.0 Å². The van der Waals surface area contributed by atoms with E-state index in [2.05, 4.69) is 31.0 Å². The second kappa shape index (κ2) is 9.43. The summed E-state index contributed by atoms with van der Waals surface area (Å²) in [4.78, 5) is 15.9. The minimum absolute atomic E-state index is 0.00256. The standard InChI is InChI=1S/C23H26F2N8O2/c1-13(34)26-15-4-6-16(7-5-15)27-23-28-22(35-2)21-17(9-10-32(21)30-23)14-3-8-18-19(11-14)33(31-29-18)12-20(24)25/h3,8-11,15-16,20H,4-7,12H2,1-2H3,(H,26,34)(H,27,30). The lowest BCUT2D eigenvalue weighted by molar-refractivity contribution is -0.119. The maximum Gasteiger partial charge on any atom is 0.258 e. The molecule has 10 nitrogen and oxygen atoms in total. The number of fused-ring (bicyclic) bond motifs is 2. The summed E-state index contributed by atoms with van der Waals surface area (Å²) in [7, 11) is 1.55. The van der Waals surface area contributed by atoms with Crippen LogP contribution in [-0.2, 0) is 11.3 Å². The summed E-state index contributed by atoms with van der Waals surface area (Å²) in [5.41, 5.74) is 3.32. The highest BCUT2D eigenvalue weighted by Gasteiger charge is 2.23. The summed E-state index contributed by atoms with van der Waals surface area (Å²) in [6, 6.07) is 7.69. The first-order valence-corrected chi connectivity index (χ1v) is 11.5. The van der Waals surface area contributed by atoms with Crippen LogP contribution in [0.15, 0.2) is 30.5 Å². The third-order valence-corrected chi connectivity index (χ3v) is 6.28. The average Bonchev–Trinajstić information content (AvgIpc) is 3.43. The Hall–Kier alpha value is -3.83. The van der Waals surface area contributed by atoms with Gasteiger partial charge in [-0.3, -0.25) is 4.79 Å². The number of benzene rings is 1. The number of carbonyl (C=O) groups is 1. The van der Waals surface area contributed by atoms with E-state index in [-0.39, 0.29) is 18.0 Å². The highest BCUT2D eigenvalue weighted by molar-refractivity contribution is 5.89. The monoisotopic (exact) mass is 484 g/mol. The Kier molecular flexibility index (Phi) is 6.18. The number of alkyl halides is 2. The Bertz CT molecular complexity index is 1360. The SMILES string of the molecule is COc1nc(NC2CCC(NC(C)=O)CC2)nn2ccc(-c3ccc4nnn(CC(F)F)c4c3)c12. The molecule has 5 rings (SSSR count). The van der Waals surface area contributed by atoms with Gasteiger partial charge < -0.3 is 15.4 Å². The number of ether oxygens (including phenoxy) is 1. The minimum Gasteiger partial charge on any atom is -0.479 e. The minimum atomic E-state index is -2.53. The number of hydrogen-bond donors (Lipinski definition) is 2. The molecular weight excluding hydrogens is 458 g/mol. The first-order chi connectivity index (χ1) is 16.9. The molecule has 1 aromatic carbocycles. The third-order valence-electron chi connectivity index (χ3n) is 6.28. The predicted octanol–water partition coefficient (Wildman–Crippen LogP) is 3.27. The van der Waals surface area contributed by atoms with Crippen LogP contribution < -0.4 is 15.4 Å². The van der Waals surface area contributed by atoms with E-state index in [4.69, 9.17) is 4.74 Å². The molecular formula is C23H26F2N8O2. The van der Waals surface area contributed by atoms with Gasteiger partial charge in [0.25, 0.3) is 6.43 Å². The smallest absolute Gasteiger partial charge is 0.258 e. The molecule has 3 heterocycles. The highest BCUT2D eigenvalue weighted by Crippen LogP contribution is 2.33. The van der Waals surface area contributed by atoms with E-state index >= 15 is 0 Å². The number of methoxy groups -OCH3 is 1. The van der Waals surface area contributed by atoms with Crippen molar-refractivity contribution in [3.63, 3.8) is 0 Å². The third kappa shape index (κ3) is 4.73. The number of rotatable bonds is 7. The molecule has 1 fully saturated rings. The van der Waals surface area contributed by atoms with Gasteiger partial charge in [0.1, 0.15) is 17.6 Å². The molecule has 0 saturated heterocycles. The van der Waals surface area contributed by atoms with E-state index < -0.39 is 13.0 Å². The molecule has 0 aliphatic heterocycles. The number of amides is 1. The van der Waals surface area contributed by atoms with Gasteiger partial charge in [-0.05, 0) is 49.4 Å². The van der Waals surface area contributed by atoms with Crippen molar-refractivity contribution in [2.45, 2.75) is 57.7 Å². The number of nitrogens with one attached hydrogen (secondary N) is 2. The molecule has 1 aliphatic carbocycles. The van der Waals surface area contributed by atoms with Crippen LogP contribution in [0.3, 0.4) is 0 Å². The van der Waals surface area contributed by atoms with Crippen molar-refractivity contribution in [3.8, 4) is 17.0 Å². The molecule has 1 amide bonds. The number of nitrogens with zero attached hydrogens (tertiary/aromatic N) is 6. The molecule has 2 N–H and O–H groups in total. The van der Waals surface area contributed by atoms with Crippen LogP contribution in [0.2, 0.25) is 0 Å². The van der Waals surface area contributed by atoms with Gasteiger partial charge in [-0.15, -0.1) is 10.2 Å². The second-order valence-corrected chi connectivity index (χ2v) is 8.73. The number of carbonyl (C=O) groups excluding carboxylic acids is 1. The van der Waals surface area contributed by atoms with E-state index in [0.29, 0.717) is 28.4 Å². The van der Waals surface area contributed by atoms with Crippen LogP contribution in [-0.4, -0.2) is 61.1 Å². The molecule has 184 valence electrons. The Balaban J connectivity index is 1.42.